The molecule has 0 aliphatic heterocycles. The highest BCUT2D eigenvalue weighted by Gasteiger charge is 1.80. The molecule has 1 aromatic carbocycles. The van der Waals surface area contributed by atoms with E-state index in [1.54, 1.807) is 6.08 Å². The van der Waals surface area contributed by atoms with E-state index in [1.165, 1.54) is 0 Å². The lowest BCUT2D eigenvalue weighted by Gasteiger charge is -1.84. The van der Waals surface area contributed by atoms with Crippen molar-refractivity contribution in [2.45, 2.75) is 34.6 Å². The second-order valence-corrected chi connectivity index (χ2v) is 3.20. The Hall–Kier alpha value is -2.44. The molecule has 0 fully saturated rings. The molecule has 1 rings (SSSR count). The molecule has 0 aliphatic carbocycles. The van der Waals surface area contributed by atoms with E-state index in [9.17, 15) is 0 Å². The van der Waals surface area contributed by atoms with Crippen LogP contribution in [-0.4, -0.2) is 0 Å². The highest BCUT2D eigenvalue weighted by atomic mass is 13.8. The van der Waals surface area contributed by atoms with Crippen molar-refractivity contribution in [3.8, 4) is 23.7 Å². The molecule has 21 heavy (non-hydrogen) atoms. The van der Waals surface area contributed by atoms with Gasteiger partial charge in [-0.05, 0) is 37.0 Å². The Morgan fingerprint density at radius 2 is 1.62 bits per heavy atom. The van der Waals surface area contributed by atoms with Crippen LogP contribution < -0.4 is 0 Å². The predicted octanol–water partition coefficient (Wildman–Crippen LogP) is 5.78. The van der Waals surface area contributed by atoms with Gasteiger partial charge >= 0.3 is 0 Å². The van der Waals surface area contributed by atoms with Gasteiger partial charge in [-0.1, -0.05) is 82.5 Å². The molecule has 0 saturated carbocycles. The van der Waals surface area contributed by atoms with Crippen LogP contribution >= 0.6 is 0 Å². The van der Waals surface area contributed by atoms with Gasteiger partial charge in [0.2, 0.25) is 0 Å². The third-order valence-electron chi connectivity index (χ3n) is 1.97. The maximum Gasteiger partial charge on any atom is 0.0255 e. The predicted molar refractivity (Wildman–Crippen MR) is 96.9 cm³/mol. The van der Waals surface area contributed by atoms with E-state index in [0.29, 0.717) is 0 Å². The Morgan fingerprint density at radius 3 is 2.14 bits per heavy atom. The Kier molecular flexibility index (Phi) is 17.5. The largest absolute Gasteiger partial charge is 0.0991 e. The molecule has 0 heterocycles. The van der Waals surface area contributed by atoms with Crippen LogP contribution in [0.2, 0.25) is 0 Å². The quantitative estimate of drug-likeness (QED) is 0.475. The van der Waals surface area contributed by atoms with Gasteiger partial charge < -0.3 is 0 Å². The summed E-state index contributed by atoms with van der Waals surface area (Å²) in [4.78, 5) is 0. The highest BCUT2D eigenvalue weighted by molar-refractivity contribution is 5.46. The highest BCUT2D eigenvalue weighted by Crippen LogP contribution is 1.95. The molecular weight excluding hydrogens is 252 g/mol. The average molecular weight is 278 g/mol. The van der Waals surface area contributed by atoms with Crippen molar-refractivity contribution in [3.63, 3.8) is 0 Å². The van der Waals surface area contributed by atoms with Crippen molar-refractivity contribution in [1.29, 1.82) is 0 Å². The normalized spacial score (nSPS) is 8.71. The van der Waals surface area contributed by atoms with E-state index in [4.69, 9.17) is 0 Å². The zero-order chi connectivity index (χ0) is 16.3. The lowest BCUT2D eigenvalue weighted by molar-refractivity contribution is 1.50. The summed E-state index contributed by atoms with van der Waals surface area (Å²) in [7, 11) is 0. The van der Waals surface area contributed by atoms with Crippen molar-refractivity contribution in [3.05, 3.63) is 72.4 Å². The second-order valence-electron chi connectivity index (χ2n) is 3.20. The molecule has 0 radical (unpaired) electrons. The Labute approximate surface area is 131 Å². The van der Waals surface area contributed by atoms with Gasteiger partial charge in [0, 0.05) is 11.1 Å². The molecule has 110 valence electrons. The standard InChI is InChI=1S/C17H14.2C2H6/c1-3-5-11-16(4-2)12-9-10-15-17-13-7-6-8-14-17;2*1-2/h3-8,11,13-14H,1H2,2H3;2*1-2H3/b11-5-,16-4+;;. The van der Waals surface area contributed by atoms with Crippen molar-refractivity contribution >= 4 is 0 Å². The fourth-order valence-electron chi connectivity index (χ4n) is 1.11. The van der Waals surface area contributed by atoms with Crippen LogP contribution in [0.1, 0.15) is 40.2 Å². The molecule has 0 aliphatic rings. The first-order valence-electron chi connectivity index (χ1n) is 7.39. The van der Waals surface area contributed by atoms with Crippen LogP contribution in [0.25, 0.3) is 0 Å². The van der Waals surface area contributed by atoms with E-state index < -0.39 is 0 Å². The van der Waals surface area contributed by atoms with Gasteiger partial charge in [0.05, 0.1) is 0 Å². The van der Waals surface area contributed by atoms with Gasteiger partial charge in [0.15, 0.2) is 0 Å². The maximum absolute atomic E-state index is 3.61. The van der Waals surface area contributed by atoms with Gasteiger partial charge in [-0.3, -0.25) is 0 Å². The summed E-state index contributed by atoms with van der Waals surface area (Å²) in [6, 6.07) is 9.81. The van der Waals surface area contributed by atoms with E-state index in [0.717, 1.165) is 11.1 Å². The van der Waals surface area contributed by atoms with Crippen LogP contribution in [-0.2, 0) is 0 Å². The first-order chi connectivity index (χ1) is 10.4. The average Bonchev–Trinajstić information content (AvgIpc) is 2.59. The summed E-state index contributed by atoms with van der Waals surface area (Å²) < 4.78 is 0. The fraction of sp³-hybridized carbons (Fsp3) is 0.238. The number of allylic oxidation sites excluding steroid dienone is 5. The molecule has 0 aromatic heterocycles. The summed E-state index contributed by atoms with van der Waals surface area (Å²) in [5, 5.41) is 0. The van der Waals surface area contributed by atoms with Gasteiger partial charge in [-0.15, -0.1) is 0 Å². The Balaban J connectivity index is 0. The van der Waals surface area contributed by atoms with Crippen LogP contribution in [0, 0.1) is 23.7 Å². The summed E-state index contributed by atoms with van der Waals surface area (Å²) in [6.07, 6.45) is 7.43. The molecule has 0 nitrogen and oxygen atoms in total. The van der Waals surface area contributed by atoms with Crippen LogP contribution in [0.5, 0.6) is 0 Å². The van der Waals surface area contributed by atoms with Gasteiger partial charge in [0.1, 0.15) is 0 Å². The van der Waals surface area contributed by atoms with Crippen molar-refractivity contribution < 1.29 is 0 Å². The topological polar surface area (TPSA) is 0 Å². The van der Waals surface area contributed by atoms with Gasteiger partial charge in [-0.2, -0.15) is 0 Å². The van der Waals surface area contributed by atoms with Crippen molar-refractivity contribution in [2.24, 2.45) is 0 Å². The minimum atomic E-state index is 0.937. The first-order valence-corrected chi connectivity index (χ1v) is 7.39. The maximum atomic E-state index is 3.61. The number of hydrogen-bond acceptors (Lipinski definition) is 0. The minimum absolute atomic E-state index is 0.937. The van der Waals surface area contributed by atoms with E-state index in [2.05, 4.69) is 30.3 Å². The number of hydrogen-bond donors (Lipinski definition) is 0. The molecule has 0 atom stereocenters. The molecule has 0 spiro atoms. The molecule has 0 amide bonds. The molecule has 0 bridgehead atoms. The Morgan fingerprint density at radius 1 is 1.00 bits per heavy atom. The number of rotatable bonds is 2. The minimum Gasteiger partial charge on any atom is -0.0991 e. The zero-order valence-electron chi connectivity index (χ0n) is 13.9. The Bertz CT molecular complexity index is 534. The zero-order valence-corrected chi connectivity index (χ0v) is 13.9. The third-order valence-corrected chi connectivity index (χ3v) is 1.97. The molecule has 1 aromatic rings. The molecule has 0 unspecified atom stereocenters. The summed E-state index contributed by atoms with van der Waals surface area (Å²) in [5.74, 6) is 11.6. The number of benzene rings is 1. The second kappa shape index (κ2) is 17.6. The van der Waals surface area contributed by atoms with Crippen molar-refractivity contribution in [2.75, 3.05) is 0 Å². The summed E-state index contributed by atoms with van der Waals surface area (Å²) >= 11 is 0. The molecule has 0 saturated heterocycles. The van der Waals surface area contributed by atoms with Crippen LogP contribution in [0.15, 0.2) is 66.8 Å². The van der Waals surface area contributed by atoms with Gasteiger partial charge in [0.25, 0.3) is 0 Å². The third kappa shape index (κ3) is 12.3. The molecule has 0 heteroatoms. The van der Waals surface area contributed by atoms with E-state index in [1.807, 2.05) is 83.2 Å². The van der Waals surface area contributed by atoms with Gasteiger partial charge in [-0.25, -0.2) is 0 Å². The fourth-order valence-corrected chi connectivity index (χ4v) is 1.11. The van der Waals surface area contributed by atoms with E-state index >= 15 is 0 Å². The lowest BCUT2D eigenvalue weighted by Crippen LogP contribution is -1.71. The van der Waals surface area contributed by atoms with Crippen LogP contribution in [0.4, 0.5) is 0 Å². The molecular formula is C21H26. The monoisotopic (exact) mass is 278 g/mol. The molecule has 0 N–H and O–H groups in total. The van der Waals surface area contributed by atoms with Crippen LogP contribution in [0.3, 0.4) is 0 Å². The summed E-state index contributed by atoms with van der Waals surface area (Å²) in [6.45, 7) is 13.6. The smallest absolute Gasteiger partial charge is 0.0255 e. The first kappa shape index (κ1) is 20.9. The van der Waals surface area contributed by atoms with E-state index in [-0.39, 0.29) is 0 Å². The van der Waals surface area contributed by atoms with Crippen molar-refractivity contribution in [1.82, 2.24) is 0 Å². The SMILES string of the molecule is C=C/C=C\C(C#CC#Cc1ccccc1)=C/C.CC.CC. The lowest BCUT2D eigenvalue weighted by atomic mass is 10.2. The summed E-state index contributed by atoms with van der Waals surface area (Å²) in [5.41, 5.74) is 1.91.